The van der Waals surface area contributed by atoms with Crippen LogP contribution in [0.3, 0.4) is 0 Å². The fourth-order valence-corrected chi connectivity index (χ4v) is 12.8. The van der Waals surface area contributed by atoms with Crippen molar-refractivity contribution in [2.75, 3.05) is 13.1 Å². The van der Waals surface area contributed by atoms with Crippen molar-refractivity contribution in [3.05, 3.63) is 78.0 Å². The number of allylic oxidation sites excluding steroid dienone is 2. The van der Waals surface area contributed by atoms with Gasteiger partial charge in [0.25, 0.3) is 0 Å². The van der Waals surface area contributed by atoms with E-state index in [1.54, 1.807) is 51.2 Å². The molecule has 622 valence electrons. The smallest absolute Gasteiger partial charge is 0.303 e. The zero-order valence-corrected chi connectivity index (χ0v) is 67.2. The van der Waals surface area contributed by atoms with Crippen LogP contribution in [0.4, 0.5) is 0 Å². The summed E-state index contributed by atoms with van der Waals surface area (Å²) in [5, 5.41) is 49.9. The van der Waals surface area contributed by atoms with Crippen LogP contribution >= 0.6 is 0 Å². The Morgan fingerprint density at radius 3 is 1.73 bits per heavy atom. The van der Waals surface area contributed by atoms with Gasteiger partial charge in [-0.2, -0.15) is 0 Å². The predicted octanol–water partition coefficient (Wildman–Crippen LogP) is 2.09. The first-order valence-electron chi connectivity index (χ1n) is 38.5. The molecular formula is C80H118N14O19. The number of carbonyl (C=O) groups excluding carboxylic acids is 16. The molecule has 33 nitrogen and oxygen atoms in total. The van der Waals surface area contributed by atoms with Crippen molar-refractivity contribution in [3.63, 3.8) is 0 Å². The third kappa shape index (κ3) is 30.8. The number of H-pyrrole nitrogens is 1. The van der Waals surface area contributed by atoms with E-state index in [4.69, 9.17) is 11.5 Å². The van der Waals surface area contributed by atoms with E-state index in [0.29, 0.717) is 67.0 Å². The Labute approximate surface area is 659 Å². The third-order valence-electron chi connectivity index (χ3n) is 20.0. The number of phenols is 1. The number of aromatic nitrogens is 1. The summed E-state index contributed by atoms with van der Waals surface area (Å²) in [6.07, 6.45) is 6.82. The molecule has 3 aromatic rings. The molecule has 2 heterocycles. The molecule has 18 N–H and O–H groups in total. The number of carboxylic acid groups (broad SMARTS) is 1. The maximum atomic E-state index is 15.0. The van der Waals surface area contributed by atoms with Crippen molar-refractivity contribution >= 4 is 111 Å². The second-order valence-corrected chi connectivity index (χ2v) is 31.3. The van der Waals surface area contributed by atoms with E-state index in [9.17, 15) is 91.7 Å². The fraction of sp³-hybridized carbons (Fsp3) is 0.588. The van der Waals surface area contributed by atoms with Crippen LogP contribution in [0, 0.1) is 22.7 Å². The lowest BCUT2D eigenvalue weighted by molar-refractivity contribution is -0.140. The number of amides is 11. The summed E-state index contributed by atoms with van der Waals surface area (Å²) in [7, 11) is 0. The maximum absolute atomic E-state index is 15.0. The van der Waals surface area contributed by atoms with Crippen molar-refractivity contribution in [2.45, 2.75) is 265 Å². The minimum Gasteiger partial charge on any atom is -0.508 e. The SMILES string of the molecule is CC(=O)C[C@]1(C)CCCCCC/C=C/CCC[C@@](C)(C(=O)NC(C)C(=O)N[C@@H](C)C(=O)NC(C)C(=O)N[C@@H](C)C(=O)C(=O)[C@H](C)NCC(C)(C)C(N)=O)NC(=O)[C@H](CC(C)C)CN[C@@H](CCC(N)=O)C(=O)C(=O)C(C)NC(=O)[C@H](Cc2c[nH]c3ccccc23)NC(=O)C(Cc2ccc(O)cc2)NC(=O)[C@H](CCC(=O)O)NC1=O. The Morgan fingerprint density at radius 1 is 0.602 bits per heavy atom. The molecule has 33 heteroatoms. The molecule has 0 fully saturated rings. The van der Waals surface area contributed by atoms with E-state index in [1.807, 2.05) is 26.0 Å². The minimum absolute atomic E-state index is 0.0183. The normalized spacial score (nSPS) is 23.2. The second-order valence-electron chi connectivity index (χ2n) is 31.3. The van der Waals surface area contributed by atoms with E-state index in [1.165, 1.54) is 79.7 Å². The average molecular weight is 1580 g/mol. The van der Waals surface area contributed by atoms with Crippen molar-refractivity contribution in [1.82, 2.24) is 63.5 Å². The molecule has 4 rings (SSSR count). The Kier molecular flexibility index (Phi) is 37.4. The van der Waals surface area contributed by atoms with Crippen LogP contribution in [-0.2, 0) is 94.3 Å². The summed E-state index contributed by atoms with van der Waals surface area (Å²) in [4.78, 5) is 236. The number of carboxylic acids is 1. The number of aromatic hydroxyl groups is 1. The molecular weight excluding hydrogens is 1460 g/mol. The Balaban J connectivity index is 1.70. The first-order valence-corrected chi connectivity index (χ1v) is 38.5. The highest BCUT2D eigenvalue weighted by Gasteiger charge is 2.42. The third-order valence-corrected chi connectivity index (χ3v) is 20.0. The van der Waals surface area contributed by atoms with Gasteiger partial charge in [-0.1, -0.05) is 82.5 Å². The molecule has 11 amide bonds. The first kappa shape index (κ1) is 94.8. The number of aromatic amines is 1. The summed E-state index contributed by atoms with van der Waals surface area (Å²) in [6, 6.07) is -1.63. The van der Waals surface area contributed by atoms with Gasteiger partial charge in [0, 0.05) is 62.3 Å². The summed E-state index contributed by atoms with van der Waals surface area (Å²) in [5.74, 6) is -16.5. The number of Topliss-reactive ketones (excluding diaryl/α,β-unsaturated/α-hetero) is 5. The van der Waals surface area contributed by atoms with E-state index >= 15 is 0 Å². The highest BCUT2D eigenvalue weighted by Crippen LogP contribution is 2.31. The number of hydrogen-bond donors (Lipinski definition) is 16. The van der Waals surface area contributed by atoms with Gasteiger partial charge in [0.15, 0.2) is 0 Å². The molecule has 2 aromatic carbocycles. The van der Waals surface area contributed by atoms with Gasteiger partial charge in [0.1, 0.15) is 53.3 Å². The molecule has 0 bridgehead atoms. The second kappa shape index (κ2) is 44.6. The topological polar surface area (TPSA) is 531 Å². The number of primary amides is 2. The molecule has 1 aliphatic rings. The van der Waals surface area contributed by atoms with Crippen LogP contribution < -0.4 is 70.0 Å². The first-order chi connectivity index (χ1) is 52.9. The Morgan fingerprint density at radius 2 is 1.14 bits per heavy atom. The number of nitrogens with two attached hydrogens (primary N) is 2. The molecule has 1 aromatic heterocycles. The molecule has 13 atom stereocenters. The van der Waals surface area contributed by atoms with Crippen LogP contribution in [0.15, 0.2) is 66.9 Å². The average Bonchev–Trinajstić information content (AvgIpc) is 1.72. The van der Waals surface area contributed by atoms with Crippen LogP contribution in [0.25, 0.3) is 10.9 Å². The predicted molar refractivity (Wildman–Crippen MR) is 419 cm³/mol. The summed E-state index contributed by atoms with van der Waals surface area (Å²) in [5.41, 5.74) is 8.35. The molecule has 0 saturated heterocycles. The van der Waals surface area contributed by atoms with Gasteiger partial charge in [-0.15, -0.1) is 0 Å². The van der Waals surface area contributed by atoms with Crippen molar-refractivity contribution in [1.29, 1.82) is 0 Å². The van der Waals surface area contributed by atoms with Crippen molar-refractivity contribution in [3.8, 4) is 5.75 Å². The van der Waals surface area contributed by atoms with Gasteiger partial charge in [-0.05, 0) is 162 Å². The zero-order valence-electron chi connectivity index (χ0n) is 67.2. The number of aliphatic carboxylic acids is 1. The molecule has 4 unspecified atom stereocenters. The molecule has 0 aliphatic carbocycles. The zero-order chi connectivity index (χ0) is 84.8. The number of fused-ring (bicyclic) bond motifs is 1. The number of ketones is 5. The van der Waals surface area contributed by atoms with E-state index < -0.39 is 196 Å². The van der Waals surface area contributed by atoms with Gasteiger partial charge < -0.3 is 85.1 Å². The number of phenolic OH excluding ortho intramolecular Hbond substituents is 1. The van der Waals surface area contributed by atoms with E-state index in [0.717, 1.165) is 0 Å². The number of rotatable bonds is 29. The van der Waals surface area contributed by atoms with Crippen molar-refractivity contribution < 1.29 is 91.7 Å². The van der Waals surface area contributed by atoms with Crippen LogP contribution in [0.2, 0.25) is 0 Å². The Bertz CT molecular complexity index is 3950. The molecule has 113 heavy (non-hydrogen) atoms. The lowest BCUT2D eigenvalue weighted by Crippen LogP contribution is -2.62. The number of para-hydroxylation sites is 1. The molecule has 0 saturated carbocycles. The van der Waals surface area contributed by atoms with Gasteiger partial charge in [0.05, 0.1) is 40.9 Å². The lowest BCUT2D eigenvalue weighted by Gasteiger charge is -2.33. The van der Waals surface area contributed by atoms with E-state index in [2.05, 4.69) is 63.5 Å². The molecule has 0 radical (unpaired) electrons. The number of hydrogen-bond acceptors (Lipinski definition) is 20. The summed E-state index contributed by atoms with van der Waals surface area (Å²) >= 11 is 0. The highest BCUT2D eigenvalue weighted by molar-refractivity contribution is 6.41. The van der Waals surface area contributed by atoms with E-state index in [-0.39, 0.29) is 75.5 Å². The number of benzene rings is 2. The Hall–Kier alpha value is -10.6. The van der Waals surface area contributed by atoms with Crippen LogP contribution in [-0.4, -0.2) is 194 Å². The standard InChI is InChI=1S/C80H118N14O19/c1-44(2)37-54-42-84-58(31-33-62(81)97)67(103)66(102)48(6)87-73(109)61(39-53-41-83-57-26-22-21-25-56(53)57)92-74(110)60(38-52-27-29-55(96)30-28-52)91-72(108)59(32-34-63(98)99)93-76(112)79(12,40-45(3)95)35-23-19-17-15-14-16-18-20-24-36-80(13,94-71(54)107)77(113)90-51(9)70(106)89-50(8)69(105)88-49(7)68(104)86-47(5)65(101)64(100)46(4)85-43-78(10,11)75(82)111/h16,18,21-22,25-30,41,44,46-51,54,58-61,83-85,96H,14-15,17,19-20,23-24,31-40,42-43H2,1-13H3,(H2,81,97)(H2,82,111)(H,86,104)(H,87,109)(H,88,105)(H,89,106)(H,90,113)(H,91,108)(H,92,110)(H,93,112)(H,94,107)(H,98,99)/b18-16+/t46-,47-,48?,49?,50-,51?,54+,58-,59-,60?,61-,79-,80-/m0/s1. The van der Waals surface area contributed by atoms with Gasteiger partial charge in [-0.3, -0.25) is 81.5 Å². The number of nitrogens with one attached hydrogen (secondary N) is 12. The molecule has 1 aliphatic heterocycles. The largest absolute Gasteiger partial charge is 0.508 e. The monoisotopic (exact) mass is 1580 g/mol. The number of carbonyl (C=O) groups is 17. The van der Waals surface area contributed by atoms with Gasteiger partial charge in [0.2, 0.25) is 88.1 Å². The minimum atomic E-state index is -1.78. The van der Waals surface area contributed by atoms with Gasteiger partial charge >= 0.3 is 5.97 Å². The highest BCUT2D eigenvalue weighted by atomic mass is 16.4. The van der Waals surface area contributed by atoms with Crippen molar-refractivity contribution in [2.24, 2.45) is 34.1 Å². The maximum Gasteiger partial charge on any atom is 0.303 e. The molecule has 0 spiro atoms. The quantitative estimate of drug-likeness (QED) is 0.0349. The summed E-state index contributed by atoms with van der Waals surface area (Å²) in [6.45, 7) is 18.6. The lowest BCUT2D eigenvalue weighted by atomic mass is 9.79. The fourth-order valence-electron chi connectivity index (χ4n) is 12.8. The summed E-state index contributed by atoms with van der Waals surface area (Å²) < 4.78 is 0. The van der Waals surface area contributed by atoms with Crippen LogP contribution in [0.5, 0.6) is 5.75 Å². The van der Waals surface area contributed by atoms with Crippen LogP contribution in [0.1, 0.15) is 197 Å². The van der Waals surface area contributed by atoms with Gasteiger partial charge in [-0.25, -0.2) is 0 Å².